The highest BCUT2D eigenvalue weighted by atomic mass is 32.2. The van der Waals surface area contributed by atoms with Crippen molar-refractivity contribution in [2.45, 2.75) is 25.2 Å². The lowest BCUT2D eigenvalue weighted by atomic mass is 10.1. The molecule has 0 atom stereocenters. The number of nitrogens with one attached hydrogen (secondary N) is 1. The van der Waals surface area contributed by atoms with Gasteiger partial charge in [0, 0.05) is 18.4 Å². The number of thioether (sulfide) groups is 1. The molecule has 0 bridgehead atoms. The van der Waals surface area contributed by atoms with Crippen molar-refractivity contribution in [3.05, 3.63) is 77.4 Å². The Bertz CT molecular complexity index is 908. The molecule has 0 saturated heterocycles. The van der Waals surface area contributed by atoms with E-state index in [1.165, 1.54) is 41.6 Å². The lowest BCUT2D eigenvalue weighted by Gasteiger charge is -2.08. The number of aromatic nitrogens is 2. The predicted molar refractivity (Wildman–Crippen MR) is 104 cm³/mol. The normalized spacial score (nSPS) is 10.8. The number of halogens is 1. The number of carbonyl (C=O) groups is 1. The second-order valence-electron chi connectivity index (χ2n) is 6.13. The first-order valence-electron chi connectivity index (χ1n) is 8.44. The van der Waals surface area contributed by atoms with E-state index in [0.29, 0.717) is 23.1 Å². The Morgan fingerprint density at radius 1 is 1.19 bits per heavy atom. The van der Waals surface area contributed by atoms with Gasteiger partial charge >= 0.3 is 0 Å². The topological polar surface area (TPSA) is 67.1 Å². The van der Waals surface area contributed by atoms with Crippen LogP contribution in [0.2, 0.25) is 0 Å². The molecule has 2 aromatic carbocycles. The Morgan fingerprint density at radius 3 is 2.56 bits per heavy atom. The second kappa shape index (κ2) is 8.83. The van der Waals surface area contributed by atoms with Crippen LogP contribution in [0, 0.1) is 12.7 Å². The van der Waals surface area contributed by atoms with Crippen LogP contribution in [-0.4, -0.2) is 26.3 Å². The van der Waals surface area contributed by atoms with Gasteiger partial charge in [-0.3, -0.25) is 4.79 Å². The van der Waals surface area contributed by atoms with Crippen molar-refractivity contribution in [3.63, 3.8) is 0 Å². The van der Waals surface area contributed by atoms with Crippen molar-refractivity contribution in [3.8, 4) is 0 Å². The van der Waals surface area contributed by atoms with Gasteiger partial charge in [0.1, 0.15) is 5.82 Å². The van der Waals surface area contributed by atoms with Gasteiger partial charge in [-0.05, 0) is 36.8 Å². The Labute approximate surface area is 161 Å². The maximum Gasteiger partial charge on any atom is 0.234 e. The van der Waals surface area contributed by atoms with E-state index in [4.69, 9.17) is 0 Å². The first-order valence-corrected chi connectivity index (χ1v) is 9.43. The van der Waals surface area contributed by atoms with E-state index in [9.17, 15) is 14.3 Å². The summed E-state index contributed by atoms with van der Waals surface area (Å²) in [5.41, 5.74) is 3.40. The number of nitrogens with zero attached hydrogens (tertiary/aromatic N) is 2. The average Bonchev–Trinajstić information content (AvgIpc) is 3.06. The van der Waals surface area contributed by atoms with E-state index < -0.39 is 0 Å². The number of aliphatic hydroxyl groups is 1. The molecule has 0 unspecified atom stereocenters. The van der Waals surface area contributed by atoms with E-state index >= 15 is 0 Å². The highest BCUT2D eigenvalue weighted by molar-refractivity contribution is 7.99. The van der Waals surface area contributed by atoms with Crippen LogP contribution in [0.3, 0.4) is 0 Å². The third-order valence-electron chi connectivity index (χ3n) is 3.89. The number of amides is 1. The molecule has 1 heterocycles. The predicted octanol–water partition coefficient (Wildman–Crippen LogP) is 3.60. The Hall–Kier alpha value is -2.64. The molecule has 27 heavy (non-hydrogen) atoms. The van der Waals surface area contributed by atoms with Crippen LogP contribution in [0.25, 0.3) is 0 Å². The molecule has 0 radical (unpaired) electrons. The molecular weight excluding hydrogens is 365 g/mol. The van der Waals surface area contributed by atoms with Gasteiger partial charge in [0.15, 0.2) is 5.16 Å². The summed E-state index contributed by atoms with van der Waals surface area (Å²) in [4.78, 5) is 16.5. The first kappa shape index (κ1) is 19.1. The summed E-state index contributed by atoms with van der Waals surface area (Å²) in [5.74, 6) is -0.397. The number of rotatable bonds is 7. The molecule has 1 amide bonds. The monoisotopic (exact) mass is 385 g/mol. The molecule has 0 aliphatic carbocycles. The van der Waals surface area contributed by atoms with Gasteiger partial charge in [0.05, 0.1) is 18.1 Å². The van der Waals surface area contributed by atoms with E-state index in [1.54, 1.807) is 6.20 Å². The fraction of sp³-hybridized carbons (Fsp3) is 0.200. The summed E-state index contributed by atoms with van der Waals surface area (Å²) < 4.78 is 14.8. The molecule has 3 rings (SSSR count). The fourth-order valence-corrected chi connectivity index (χ4v) is 3.30. The highest BCUT2D eigenvalue weighted by Crippen LogP contribution is 2.20. The summed E-state index contributed by atoms with van der Waals surface area (Å²) in [5, 5.41) is 12.8. The Balaban J connectivity index is 1.64. The standard InChI is InChI=1S/C20H20FN3O2S/c1-14-2-4-15(5-3-14)10-24-11-18(12-25)23-20(24)27-13-19(26)22-17-8-6-16(21)7-9-17/h2-9,11,25H,10,12-13H2,1H3,(H,22,26). The van der Waals surface area contributed by atoms with Crippen LogP contribution in [0.15, 0.2) is 59.9 Å². The van der Waals surface area contributed by atoms with Crippen molar-refractivity contribution >= 4 is 23.4 Å². The number of hydrogen-bond donors (Lipinski definition) is 2. The quantitative estimate of drug-likeness (QED) is 0.610. The molecule has 0 aliphatic heterocycles. The van der Waals surface area contributed by atoms with E-state index in [-0.39, 0.29) is 24.1 Å². The zero-order chi connectivity index (χ0) is 19.2. The van der Waals surface area contributed by atoms with Gasteiger partial charge < -0.3 is 15.0 Å². The molecule has 7 heteroatoms. The summed E-state index contributed by atoms with van der Waals surface area (Å²) in [6, 6.07) is 13.8. The van der Waals surface area contributed by atoms with E-state index in [1.807, 2.05) is 35.8 Å². The van der Waals surface area contributed by atoms with Crippen molar-refractivity contribution < 1.29 is 14.3 Å². The molecule has 0 spiro atoms. The molecule has 0 saturated carbocycles. The third kappa shape index (κ3) is 5.42. The van der Waals surface area contributed by atoms with E-state index in [2.05, 4.69) is 10.3 Å². The maximum absolute atomic E-state index is 12.9. The van der Waals surface area contributed by atoms with Crippen molar-refractivity contribution in [1.29, 1.82) is 0 Å². The van der Waals surface area contributed by atoms with Gasteiger partial charge in [-0.25, -0.2) is 9.37 Å². The largest absolute Gasteiger partial charge is 0.390 e. The van der Waals surface area contributed by atoms with Gasteiger partial charge in [0.2, 0.25) is 5.91 Å². The smallest absolute Gasteiger partial charge is 0.234 e. The number of aliphatic hydroxyl groups excluding tert-OH is 1. The van der Waals surface area contributed by atoms with Crippen LogP contribution in [-0.2, 0) is 17.9 Å². The number of imidazole rings is 1. The summed E-state index contributed by atoms with van der Waals surface area (Å²) >= 11 is 1.29. The highest BCUT2D eigenvalue weighted by Gasteiger charge is 2.12. The number of anilines is 1. The number of benzene rings is 2. The van der Waals surface area contributed by atoms with Gasteiger partial charge in [0.25, 0.3) is 0 Å². The maximum atomic E-state index is 12.9. The van der Waals surface area contributed by atoms with Crippen LogP contribution in [0.1, 0.15) is 16.8 Å². The minimum atomic E-state index is -0.350. The zero-order valence-corrected chi connectivity index (χ0v) is 15.7. The molecular formula is C20H20FN3O2S. The van der Waals surface area contributed by atoms with Crippen molar-refractivity contribution in [1.82, 2.24) is 9.55 Å². The molecule has 0 aliphatic rings. The Morgan fingerprint density at radius 2 is 1.89 bits per heavy atom. The van der Waals surface area contributed by atoms with E-state index in [0.717, 1.165) is 5.56 Å². The molecule has 5 nitrogen and oxygen atoms in total. The van der Waals surface area contributed by atoms with Crippen LogP contribution in [0.4, 0.5) is 10.1 Å². The number of aryl methyl sites for hydroxylation is 1. The molecule has 3 aromatic rings. The summed E-state index contributed by atoms with van der Waals surface area (Å²) in [7, 11) is 0. The van der Waals surface area contributed by atoms with Crippen molar-refractivity contribution in [2.24, 2.45) is 0 Å². The lowest BCUT2D eigenvalue weighted by molar-refractivity contribution is -0.113. The van der Waals surface area contributed by atoms with Crippen LogP contribution in [0.5, 0.6) is 0 Å². The molecule has 1 aromatic heterocycles. The second-order valence-corrected chi connectivity index (χ2v) is 7.07. The molecule has 0 fully saturated rings. The Kier molecular flexibility index (Phi) is 6.26. The molecule has 140 valence electrons. The fourth-order valence-electron chi connectivity index (χ4n) is 2.51. The van der Waals surface area contributed by atoms with Crippen LogP contribution < -0.4 is 5.32 Å². The summed E-state index contributed by atoms with van der Waals surface area (Å²) in [6.07, 6.45) is 1.79. The molecule has 2 N–H and O–H groups in total. The zero-order valence-electron chi connectivity index (χ0n) is 14.9. The van der Waals surface area contributed by atoms with Gasteiger partial charge in [-0.15, -0.1) is 0 Å². The average molecular weight is 385 g/mol. The number of hydrogen-bond acceptors (Lipinski definition) is 4. The van der Waals surface area contributed by atoms with Crippen molar-refractivity contribution in [2.75, 3.05) is 11.1 Å². The third-order valence-corrected chi connectivity index (χ3v) is 4.88. The van der Waals surface area contributed by atoms with Gasteiger partial charge in [-0.1, -0.05) is 41.6 Å². The van der Waals surface area contributed by atoms with Gasteiger partial charge in [-0.2, -0.15) is 0 Å². The summed E-state index contributed by atoms with van der Waals surface area (Å²) in [6.45, 7) is 2.48. The first-order chi connectivity index (χ1) is 13.0. The lowest BCUT2D eigenvalue weighted by Crippen LogP contribution is -2.14. The minimum Gasteiger partial charge on any atom is -0.390 e. The van der Waals surface area contributed by atoms with Crippen LogP contribution >= 0.6 is 11.8 Å². The SMILES string of the molecule is Cc1ccc(Cn2cc(CO)nc2SCC(=O)Nc2ccc(F)cc2)cc1. The minimum absolute atomic E-state index is 0.157. The number of carbonyl (C=O) groups excluding carboxylic acids is 1.